The molecule has 0 bridgehead atoms. The van der Waals surface area contributed by atoms with Crippen LogP contribution in [0.4, 0.5) is 19.2 Å². The third kappa shape index (κ3) is 50.9. The number of ether oxygens (including phenoxy) is 13. The molecule has 0 radical (unpaired) electrons. The highest BCUT2D eigenvalue weighted by molar-refractivity contribution is 8.01. The SMILES string of the molecule is CC(C)(C)OC(=O)c1cc(C(=O)NCCCOCCOCCOCCCNC(=O)CCCCC2SCC3NC(=O)NC32)cc(C(=O)NCCCOCCOCCOCCCNC(=O)CCCCC2SCC3NC(=O)NC32)c1.Cc1cc(C(=O)NCCCOCCOCCOCCCNC(=O)CCCCC2SCC3NC(=O)NC32)cc(C(=O)NCCCOCCOCCOCCCNC(=O)CCCCC2SCC3NC(=O)NC32)c1. The van der Waals surface area contributed by atoms with Gasteiger partial charge in [0.25, 0.3) is 23.6 Å². The Balaban J connectivity index is 0.000000330. The predicted molar refractivity (Wildman–Crippen MR) is 567 cm³/mol. The average Bonchev–Trinajstić information content (AvgIpc) is 1.56. The van der Waals surface area contributed by atoms with Gasteiger partial charge in [-0.05, 0) is 172 Å². The highest BCUT2D eigenvalue weighted by Crippen LogP contribution is 2.37. The maximum atomic E-state index is 13.2. The fraction of sp³-hybridized carbons (Fsp3) is 0.755. The van der Waals surface area contributed by atoms with Gasteiger partial charge in [-0.3, -0.25) is 38.4 Å². The van der Waals surface area contributed by atoms with Crippen molar-refractivity contribution in [2.45, 2.75) is 257 Å². The molecule has 0 spiro atoms. The number of carbonyl (C=O) groups is 13. The molecule has 0 aliphatic carbocycles. The summed E-state index contributed by atoms with van der Waals surface area (Å²) >= 11 is 7.57. The molecule has 8 aliphatic heterocycles. The lowest BCUT2D eigenvalue weighted by atomic mass is 10.0. The van der Waals surface area contributed by atoms with Crippen LogP contribution >= 0.6 is 47.0 Å². The maximum Gasteiger partial charge on any atom is 0.338 e. The number of hydrogen-bond acceptors (Lipinski definition) is 30. The zero-order chi connectivity index (χ0) is 105. The van der Waals surface area contributed by atoms with Crippen molar-refractivity contribution in [1.29, 1.82) is 0 Å². The molecule has 148 heavy (non-hydrogen) atoms. The summed E-state index contributed by atoms with van der Waals surface area (Å²) in [5.74, 6) is 1.94. The zero-order valence-electron chi connectivity index (χ0n) is 87.1. The Labute approximate surface area is 888 Å². The number of fused-ring (bicyclic) bond motifs is 4. The summed E-state index contributed by atoms with van der Waals surface area (Å²) in [5, 5.41) is 48.8. The van der Waals surface area contributed by atoms with Crippen molar-refractivity contribution in [3.8, 4) is 0 Å². The summed E-state index contributed by atoms with van der Waals surface area (Å²) in [6, 6.07) is 10.8. The molecular weight excluding hydrogens is 1990 g/mol. The third-order valence-corrected chi connectivity index (χ3v) is 31.2. The Morgan fingerprint density at radius 2 is 0.459 bits per heavy atom. The van der Waals surface area contributed by atoms with E-state index in [9.17, 15) is 62.3 Å². The van der Waals surface area contributed by atoms with E-state index >= 15 is 0 Å². The normalized spacial score (nSPS) is 20.6. The third-order valence-electron chi connectivity index (χ3n) is 25.1. The lowest BCUT2D eigenvalue weighted by Gasteiger charge is -2.20. The van der Waals surface area contributed by atoms with Crippen molar-refractivity contribution >= 4 is 124 Å². The quantitative estimate of drug-likeness (QED) is 0.0198. The van der Waals surface area contributed by atoms with Gasteiger partial charge in [0, 0.05) is 197 Å². The molecule has 16 N–H and O–H groups in total. The van der Waals surface area contributed by atoms with Crippen LogP contribution in [0.5, 0.6) is 0 Å². The van der Waals surface area contributed by atoms with Crippen molar-refractivity contribution in [3.63, 3.8) is 0 Å². The predicted octanol–water partition coefficient (Wildman–Crippen LogP) is 6.24. The van der Waals surface area contributed by atoms with E-state index in [4.69, 9.17) is 61.6 Å². The molecule has 8 heterocycles. The number of esters is 1. The second-order valence-corrected chi connectivity index (χ2v) is 43.5. The number of nitrogens with one attached hydrogen (secondary N) is 16. The van der Waals surface area contributed by atoms with Gasteiger partial charge in [-0.15, -0.1) is 0 Å². The second kappa shape index (κ2) is 73.1. The second-order valence-electron chi connectivity index (χ2n) is 38.5. The van der Waals surface area contributed by atoms with Crippen LogP contribution in [0, 0.1) is 6.92 Å². The molecule has 2 aromatic rings. The Morgan fingerprint density at radius 3 is 0.676 bits per heavy atom. The summed E-state index contributed by atoms with van der Waals surface area (Å²) < 4.78 is 72.7. The van der Waals surface area contributed by atoms with Gasteiger partial charge in [-0.2, -0.15) is 47.0 Å². The molecule has 10 rings (SSSR count). The van der Waals surface area contributed by atoms with E-state index < -0.39 is 23.4 Å². The number of amides is 16. The Morgan fingerprint density at radius 1 is 0.264 bits per heavy atom. The number of urea groups is 4. The zero-order valence-corrected chi connectivity index (χ0v) is 90.3. The largest absolute Gasteiger partial charge is 0.456 e. The van der Waals surface area contributed by atoms with E-state index in [1.54, 1.807) is 39.0 Å². The molecule has 8 fully saturated rings. The summed E-state index contributed by atoms with van der Waals surface area (Å²) in [6.07, 6.45) is 18.4. The fourth-order valence-electron chi connectivity index (χ4n) is 17.5. The molecule has 8 saturated heterocycles. The molecule has 42 nitrogen and oxygen atoms in total. The maximum absolute atomic E-state index is 13.2. The number of benzene rings is 2. The molecule has 46 heteroatoms. The van der Waals surface area contributed by atoms with Crippen molar-refractivity contribution in [1.82, 2.24) is 85.1 Å². The molecule has 12 atom stereocenters. The van der Waals surface area contributed by atoms with Crippen LogP contribution < -0.4 is 85.1 Å². The van der Waals surface area contributed by atoms with Crippen molar-refractivity contribution in [2.24, 2.45) is 0 Å². The molecule has 16 amide bonds. The summed E-state index contributed by atoms with van der Waals surface area (Å²) in [7, 11) is 0. The molecule has 12 unspecified atom stereocenters. The van der Waals surface area contributed by atoms with Gasteiger partial charge < -0.3 is 147 Å². The van der Waals surface area contributed by atoms with Gasteiger partial charge in [0.1, 0.15) is 5.60 Å². The van der Waals surface area contributed by atoms with E-state index in [2.05, 4.69) is 85.1 Å². The number of aryl methyl sites for hydroxylation is 1. The number of rotatable bonds is 81. The number of carbonyl (C=O) groups excluding carboxylic acids is 13. The first-order valence-corrected chi connectivity index (χ1v) is 57.5. The molecule has 2 aromatic carbocycles. The van der Waals surface area contributed by atoms with Crippen LogP contribution in [-0.2, 0) is 80.8 Å². The van der Waals surface area contributed by atoms with Gasteiger partial charge >= 0.3 is 30.1 Å². The van der Waals surface area contributed by atoms with E-state index in [-0.39, 0.29) is 125 Å². The molecule has 0 aromatic heterocycles. The van der Waals surface area contributed by atoms with Crippen LogP contribution in [-0.4, -0.2) is 386 Å². The minimum atomic E-state index is -0.784. The van der Waals surface area contributed by atoms with Crippen LogP contribution in [0.3, 0.4) is 0 Å². The van der Waals surface area contributed by atoms with Crippen molar-refractivity contribution in [2.75, 3.05) is 234 Å². The Hall–Kier alpha value is -8.33. The summed E-state index contributed by atoms with van der Waals surface area (Å²) in [4.78, 5) is 160. The van der Waals surface area contributed by atoms with Gasteiger partial charge in [0.15, 0.2) is 0 Å². The van der Waals surface area contributed by atoms with Crippen molar-refractivity contribution in [3.05, 3.63) is 69.8 Å². The first-order valence-electron chi connectivity index (χ1n) is 53.3. The highest BCUT2D eigenvalue weighted by Gasteiger charge is 2.46. The van der Waals surface area contributed by atoms with Crippen LogP contribution in [0.1, 0.15) is 232 Å². The summed E-state index contributed by atoms with van der Waals surface area (Å²) in [6.45, 7) is 21.4. The highest BCUT2D eigenvalue weighted by atomic mass is 32.2. The molecule has 0 saturated carbocycles. The van der Waals surface area contributed by atoms with Gasteiger partial charge in [0.05, 0.1) is 160 Å². The van der Waals surface area contributed by atoms with Crippen LogP contribution in [0.2, 0.25) is 0 Å². The van der Waals surface area contributed by atoms with E-state index in [0.717, 1.165) is 118 Å². The van der Waals surface area contributed by atoms with E-state index in [1.165, 1.54) is 18.2 Å². The number of thioether (sulfide) groups is 4. The van der Waals surface area contributed by atoms with E-state index in [1.807, 2.05) is 54.0 Å². The standard InChI is InChI=1S/C53H86N8O14S2.C49H80N8O12S2/c1-53(2,3)75-50(66)39-33-37(48(64)56-18-10-22-71-26-30-73-28-24-69-20-8-16-54-44(62)14-6-4-12-42-46-40(35-76-42)58-51(67)60-46)32-38(34-39)49(65)57-19-11-23-72-27-31-74-29-25-70-21-9-17-55-45(63)15-7-5-13-43-47-41(36-77-43)59-52(68)61-47;1-35-30-36(46(60)52-16-8-20-66-24-28-68-26-22-64-18-6-14-50-42(58)12-4-2-10-40-44-38(33-70-40)54-48(62)56-44)32-37(31-35)47(61)53-17-9-21-67-25-29-69-27-23-65-19-7-15-51-43(59)13-5-3-11-41-45-39(34-71-41)55-49(63)57-45/h32-34,40-43,46-47H,4-31,35-36H2,1-3H3,(H,54,62)(H,55,63)(H,56,64)(H,57,65)(H2,58,60,67)(H2,59,61,68);30-32,38-41,44-45H,2-29,33-34H2,1H3,(H,50,58)(H,51,59)(H,52,60)(H,53,61)(H2,54,56,62)(H2,55,57,63). The Kier molecular flexibility index (Phi) is 60.8. The van der Waals surface area contributed by atoms with Gasteiger partial charge in [-0.25, -0.2) is 24.0 Å². The van der Waals surface area contributed by atoms with Gasteiger partial charge in [0.2, 0.25) is 23.6 Å². The minimum absolute atomic E-state index is 0.0449. The Bertz CT molecular complexity index is 4070. The van der Waals surface area contributed by atoms with Gasteiger partial charge in [-0.1, -0.05) is 25.7 Å². The molecular formula is C102H166N16O26S4. The average molecular weight is 2160 g/mol. The number of hydrogen-bond donors (Lipinski definition) is 16. The van der Waals surface area contributed by atoms with Crippen molar-refractivity contribution < 1.29 is 124 Å². The fourth-order valence-corrected chi connectivity index (χ4v) is 23.7. The molecule has 834 valence electrons. The smallest absolute Gasteiger partial charge is 0.338 e. The molecule has 8 aliphatic rings. The van der Waals surface area contributed by atoms with Crippen LogP contribution in [0.25, 0.3) is 0 Å². The topological polar surface area (TPSA) is 534 Å². The lowest BCUT2D eigenvalue weighted by molar-refractivity contribution is -0.122. The minimum Gasteiger partial charge on any atom is -0.456 e. The first-order chi connectivity index (χ1) is 71.9. The monoisotopic (exact) mass is 2160 g/mol. The van der Waals surface area contributed by atoms with E-state index in [0.29, 0.717) is 307 Å². The number of unbranched alkanes of at least 4 members (excludes halogenated alkanes) is 4. The first kappa shape index (κ1) is 123. The summed E-state index contributed by atoms with van der Waals surface area (Å²) in [5.41, 5.74) is 1.24. The lowest BCUT2D eigenvalue weighted by Crippen LogP contribution is -2.36. The van der Waals surface area contributed by atoms with Crippen LogP contribution in [0.15, 0.2) is 36.4 Å².